The van der Waals surface area contributed by atoms with Crippen molar-refractivity contribution in [3.63, 3.8) is 0 Å². The highest BCUT2D eigenvalue weighted by atomic mass is 16.2. The van der Waals surface area contributed by atoms with Crippen molar-refractivity contribution in [3.8, 4) is 0 Å². The molecule has 0 saturated carbocycles. The van der Waals surface area contributed by atoms with Crippen molar-refractivity contribution in [2.24, 2.45) is 0 Å². The van der Waals surface area contributed by atoms with Gasteiger partial charge in [-0.2, -0.15) is 0 Å². The third kappa shape index (κ3) is 3.12. The zero-order valence-corrected chi connectivity index (χ0v) is 11.7. The number of aliphatic hydroxyl groups is 1. The molecule has 1 aliphatic carbocycles. The molecule has 0 aliphatic heterocycles. The highest BCUT2D eigenvalue weighted by Gasteiger charge is 2.16. The molecule has 0 heterocycles. The van der Waals surface area contributed by atoms with Crippen molar-refractivity contribution in [1.82, 2.24) is 4.90 Å². The third-order valence-corrected chi connectivity index (χ3v) is 4.02. The molecule has 0 saturated heterocycles. The number of hydrogen-bond donors (Lipinski definition) is 1. The maximum Gasteiger partial charge on any atom is 0.0431 e. The summed E-state index contributed by atoms with van der Waals surface area (Å²) in [6, 6.07) is 7.44. The number of aryl methyl sites for hydroxylation is 2. The molecule has 100 valence electrons. The smallest absolute Gasteiger partial charge is 0.0431 e. The van der Waals surface area contributed by atoms with Crippen LogP contribution in [0.25, 0.3) is 0 Å². The zero-order valence-electron chi connectivity index (χ0n) is 11.7. The van der Waals surface area contributed by atoms with Gasteiger partial charge in [-0.15, -0.1) is 0 Å². The number of benzene rings is 1. The van der Waals surface area contributed by atoms with Crippen LogP contribution in [0.5, 0.6) is 0 Å². The number of rotatable bonds is 5. The lowest BCUT2D eigenvalue weighted by molar-refractivity contribution is 0.235. The van der Waals surface area contributed by atoms with E-state index in [0.717, 1.165) is 12.8 Å². The first kappa shape index (κ1) is 13.6. The van der Waals surface area contributed by atoms with Gasteiger partial charge in [-0.3, -0.25) is 0 Å². The predicted octanol–water partition coefficient (Wildman–Crippen LogP) is 2.94. The van der Waals surface area contributed by atoms with Crippen LogP contribution in [0.3, 0.4) is 0 Å². The largest absolute Gasteiger partial charge is 0.396 e. The van der Waals surface area contributed by atoms with Crippen LogP contribution < -0.4 is 0 Å². The molecule has 1 aliphatic rings. The quantitative estimate of drug-likeness (QED) is 0.864. The molecule has 1 aromatic rings. The minimum absolute atomic E-state index is 0.287. The number of fused-ring (bicyclic) bond motifs is 1. The van der Waals surface area contributed by atoms with Crippen LogP contribution in [0.4, 0.5) is 0 Å². The van der Waals surface area contributed by atoms with Gasteiger partial charge in [0.25, 0.3) is 0 Å². The van der Waals surface area contributed by atoms with Gasteiger partial charge in [-0.1, -0.05) is 18.2 Å². The molecule has 1 aromatic carbocycles. The molecule has 0 aromatic heterocycles. The standard InChI is InChI=1S/C16H25NO/c1-17(2)16(8-5-11-18)15-10-9-13-6-3-4-7-14(13)12-15/h9-10,12,16,18H,3-8,11H2,1-2H3. The second-order valence-electron chi connectivity index (χ2n) is 5.58. The number of hydrogen-bond acceptors (Lipinski definition) is 2. The summed E-state index contributed by atoms with van der Waals surface area (Å²) < 4.78 is 0. The van der Waals surface area contributed by atoms with Gasteiger partial charge in [0.2, 0.25) is 0 Å². The number of nitrogens with zero attached hydrogens (tertiary/aromatic N) is 1. The minimum atomic E-state index is 0.287. The van der Waals surface area contributed by atoms with E-state index in [1.165, 1.54) is 31.2 Å². The maximum absolute atomic E-state index is 9.02. The van der Waals surface area contributed by atoms with Gasteiger partial charge in [-0.05, 0) is 69.3 Å². The van der Waals surface area contributed by atoms with Gasteiger partial charge in [0, 0.05) is 12.6 Å². The first-order valence-electron chi connectivity index (χ1n) is 7.11. The predicted molar refractivity (Wildman–Crippen MR) is 75.8 cm³/mol. The summed E-state index contributed by atoms with van der Waals surface area (Å²) in [4.78, 5) is 2.26. The Morgan fingerprint density at radius 1 is 1.17 bits per heavy atom. The summed E-state index contributed by atoms with van der Waals surface area (Å²) >= 11 is 0. The van der Waals surface area contributed by atoms with Gasteiger partial charge in [0.05, 0.1) is 0 Å². The molecule has 2 rings (SSSR count). The lowest BCUT2D eigenvalue weighted by Gasteiger charge is -2.26. The first-order chi connectivity index (χ1) is 8.72. The molecular weight excluding hydrogens is 222 g/mol. The first-order valence-corrected chi connectivity index (χ1v) is 7.11. The molecule has 0 amide bonds. The average Bonchev–Trinajstić information content (AvgIpc) is 2.38. The van der Waals surface area contributed by atoms with E-state index in [2.05, 4.69) is 37.2 Å². The Morgan fingerprint density at radius 2 is 1.89 bits per heavy atom. The number of aliphatic hydroxyl groups excluding tert-OH is 1. The molecule has 1 N–H and O–H groups in total. The Hall–Kier alpha value is -0.860. The van der Waals surface area contributed by atoms with E-state index in [-0.39, 0.29) is 6.61 Å². The van der Waals surface area contributed by atoms with Crippen LogP contribution in [0.2, 0.25) is 0 Å². The van der Waals surface area contributed by atoms with E-state index in [9.17, 15) is 0 Å². The Balaban J connectivity index is 2.19. The van der Waals surface area contributed by atoms with Crippen molar-refractivity contribution in [2.75, 3.05) is 20.7 Å². The van der Waals surface area contributed by atoms with E-state index >= 15 is 0 Å². The fourth-order valence-electron chi connectivity index (χ4n) is 2.97. The SMILES string of the molecule is CN(C)C(CCCO)c1ccc2c(c1)CCCC2. The van der Waals surface area contributed by atoms with Crippen molar-refractivity contribution in [1.29, 1.82) is 0 Å². The summed E-state index contributed by atoms with van der Waals surface area (Å²) in [5.41, 5.74) is 4.51. The maximum atomic E-state index is 9.02. The van der Waals surface area contributed by atoms with Gasteiger partial charge in [0.15, 0.2) is 0 Å². The second kappa shape index (κ2) is 6.35. The molecular formula is C16H25NO. The summed E-state index contributed by atoms with van der Waals surface area (Å²) in [7, 11) is 4.25. The van der Waals surface area contributed by atoms with Crippen molar-refractivity contribution in [2.45, 2.75) is 44.6 Å². The van der Waals surface area contributed by atoms with E-state index in [4.69, 9.17) is 5.11 Å². The molecule has 1 unspecified atom stereocenters. The lowest BCUT2D eigenvalue weighted by Crippen LogP contribution is -2.21. The van der Waals surface area contributed by atoms with E-state index in [1.807, 2.05) is 0 Å². The summed E-state index contributed by atoms with van der Waals surface area (Å²) in [5, 5.41) is 9.02. The van der Waals surface area contributed by atoms with Gasteiger partial charge < -0.3 is 10.0 Å². The molecule has 0 radical (unpaired) electrons. The molecule has 2 nitrogen and oxygen atoms in total. The summed E-state index contributed by atoms with van der Waals surface area (Å²) in [5.74, 6) is 0. The van der Waals surface area contributed by atoms with Crippen molar-refractivity contribution >= 4 is 0 Å². The zero-order chi connectivity index (χ0) is 13.0. The highest BCUT2D eigenvalue weighted by Crippen LogP contribution is 2.28. The normalized spacial score (nSPS) is 16.7. The molecule has 1 atom stereocenters. The Labute approximate surface area is 111 Å². The van der Waals surface area contributed by atoms with Crippen LogP contribution in [-0.2, 0) is 12.8 Å². The summed E-state index contributed by atoms with van der Waals surface area (Å²) in [6.45, 7) is 0.287. The molecule has 0 fully saturated rings. The van der Waals surface area contributed by atoms with E-state index in [0.29, 0.717) is 6.04 Å². The molecule has 0 bridgehead atoms. The highest BCUT2D eigenvalue weighted by molar-refractivity contribution is 5.35. The van der Waals surface area contributed by atoms with Gasteiger partial charge in [0.1, 0.15) is 0 Å². The van der Waals surface area contributed by atoms with Gasteiger partial charge in [-0.25, -0.2) is 0 Å². The Kier molecular flexibility index (Phi) is 4.79. The fraction of sp³-hybridized carbons (Fsp3) is 0.625. The minimum Gasteiger partial charge on any atom is -0.396 e. The monoisotopic (exact) mass is 247 g/mol. The topological polar surface area (TPSA) is 23.5 Å². The second-order valence-corrected chi connectivity index (χ2v) is 5.58. The Morgan fingerprint density at radius 3 is 2.56 bits per heavy atom. The van der Waals surface area contributed by atoms with Crippen LogP contribution >= 0.6 is 0 Å². The Bertz CT molecular complexity index is 387. The van der Waals surface area contributed by atoms with Crippen LogP contribution in [0.15, 0.2) is 18.2 Å². The van der Waals surface area contributed by atoms with E-state index in [1.54, 1.807) is 11.1 Å². The van der Waals surface area contributed by atoms with Crippen LogP contribution in [-0.4, -0.2) is 30.7 Å². The van der Waals surface area contributed by atoms with Crippen molar-refractivity contribution < 1.29 is 5.11 Å². The van der Waals surface area contributed by atoms with E-state index < -0.39 is 0 Å². The van der Waals surface area contributed by atoms with Gasteiger partial charge >= 0.3 is 0 Å². The third-order valence-electron chi connectivity index (χ3n) is 4.02. The van der Waals surface area contributed by atoms with Crippen LogP contribution in [0.1, 0.15) is 48.4 Å². The molecule has 0 spiro atoms. The molecule has 18 heavy (non-hydrogen) atoms. The summed E-state index contributed by atoms with van der Waals surface area (Å²) in [6.07, 6.45) is 7.07. The van der Waals surface area contributed by atoms with Crippen molar-refractivity contribution in [3.05, 3.63) is 34.9 Å². The lowest BCUT2D eigenvalue weighted by atomic mass is 9.88. The molecule has 2 heteroatoms. The van der Waals surface area contributed by atoms with Crippen LogP contribution in [0, 0.1) is 0 Å². The average molecular weight is 247 g/mol. The fourth-order valence-corrected chi connectivity index (χ4v) is 2.97.